The molecule has 2 N–H and O–H groups in total. The minimum Gasteiger partial charge on any atom is -0.375 e. The SMILES string of the molecule is Nc1nc2c(s1)CN([B]C=O)CC2. The molecule has 6 heteroatoms. The molecule has 0 bridgehead atoms. The van der Waals surface area contributed by atoms with Crippen LogP contribution < -0.4 is 5.73 Å². The molecule has 0 saturated carbocycles. The molecular weight excluding hydrogens is 185 g/mol. The zero-order valence-electron chi connectivity index (χ0n) is 7.06. The molecule has 1 aromatic rings. The lowest BCUT2D eigenvalue weighted by molar-refractivity contribution is 0.422. The number of nitrogens with zero attached hydrogens (tertiary/aromatic N) is 2. The summed E-state index contributed by atoms with van der Waals surface area (Å²) in [6.07, 6.45) is 1.70. The number of aromatic nitrogens is 1. The molecule has 0 aliphatic carbocycles. The number of fused-ring (bicyclic) bond motifs is 1. The lowest BCUT2D eigenvalue weighted by Gasteiger charge is -2.22. The fourth-order valence-electron chi connectivity index (χ4n) is 1.45. The molecule has 1 aliphatic heterocycles. The smallest absolute Gasteiger partial charge is 0.293 e. The number of carbonyl (C=O) groups excluding carboxylic acids is 1. The van der Waals surface area contributed by atoms with E-state index >= 15 is 0 Å². The second-order valence-corrected chi connectivity index (χ2v) is 4.04. The van der Waals surface area contributed by atoms with Gasteiger partial charge in [0.25, 0.3) is 7.41 Å². The average Bonchev–Trinajstić information content (AvgIpc) is 2.44. The van der Waals surface area contributed by atoms with E-state index in [9.17, 15) is 4.79 Å². The Morgan fingerprint density at radius 3 is 3.31 bits per heavy atom. The molecular formula is C7H9BN3OS. The quantitative estimate of drug-likeness (QED) is 0.527. The van der Waals surface area contributed by atoms with E-state index in [2.05, 4.69) is 4.98 Å². The molecule has 4 nitrogen and oxygen atoms in total. The first-order valence-corrected chi connectivity index (χ1v) is 4.88. The standard InChI is InChI=1S/C7H9BN3OS/c9-7-10-5-1-2-11(8-4-12)3-6(5)13-7/h4H,1-3H2,(H2,9,10). The van der Waals surface area contributed by atoms with Crippen LogP contribution in [0.25, 0.3) is 0 Å². The van der Waals surface area contributed by atoms with Gasteiger partial charge in [0, 0.05) is 17.8 Å². The highest BCUT2D eigenvalue weighted by molar-refractivity contribution is 7.15. The largest absolute Gasteiger partial charge is 0.375 e. The summed E-state index contributed by atoms with van der Waals surface area (Å²) in [5.74, 6) is 0. The van der Waals surface area contributed by atoms with Crippen molar-refractivity contribution < 1.29 is 4.79 Å². The van der Waals surface area contributed by atoms with Gasteiger partial charge in [0.05, 0.1) is 11.9 Å². The summed E-state index contributed by atoms with van der Waals surface area (Å²) in [4.78, 5) is 17.6. The molecule has 1 radical (unpaired) electrons. The summed E-state index contributed by atoms with van der Waals surface area (Å²) < 4.78 is 0. The normalized spacial score (nSPS) is 16.6. The molecule has 1 aromatic heterocycles. The van der Waals surface area contributed by atoms with Crippen LogP contribution in [0.15, 0.2) is 0 Å². The fraction of sp³-hybridized carbons (Fsp3) is 0.429. The van der Waals surface area contributed by atoms with Crippen LogP contribution in [0.5, 0.6) is 0 Å². The summed E-state index contributed by atoms with van der Waals surface area (Å²) in [6, 6.07) is 0. The molecule has 2 heterocycles. The molecule has 0 spiro atoms. The topological polar surface area (TPSA) is 59.2 Å². The van der Waals surface area contributed by atoms with Gasteiger partial charge in [0.2, 0.25) is 0 Å². The zero-order chi connectivity index (χ0) is 9.26. The number of nitrogens with two attached hydrogens (primary N) is 1. The summed E-state index contributed by atoms with van der Waals surface area (Å²) in [5.41, 5.74) is 6.68. The Balaban J connectivity index is 2.14. The number of carbonyl (C=O) groups is 1. The Hall–Kier alpha value is -0.875. The van der Waals surface area contributed by atoms with Crippen LogP contribution in [0, 0.1) is 0 Å². The van der Waals surface area contributed by atoms with Gasteiger partial charge in [-0.25, -0.2) is 4.98 Å². The van der Waals surface area contributed by atoms with Crippen molar-refractivity contribution in [1.29, 1.82) is 0 Å². The Labute approximate surface area is 81.0 Å². The highest BCUT2D eigenvalue weighted by Gasteiger charge is 2.19. The molecule has 1 aliphatic rings. The number of rotatable bonds is 2. The molecule has 67 valence electrons. The minimum atomic E-state index is 0.623. The van der Waals surface area contributed by atoms with Gasteiger partial charge in [-0.1, -0.05) is 0 Å². The molecule has 0 atom stereocenters. The fourth-order valence-corrected chi connectivity index (χ4v) is 2.35. The monoisotopic (exact) mass is 194 g/mol. The van der Waals surface area contributed by atoms with Crippen molar-refractivity contribution in [1.82, 2.24) is 9.79 Å². The third kappa shape index (κ3) is 1.73. The first-order chi connectivity index (χ1) is 6.29. The third-order valence-corrected chi connectivity index (χ3v) is 2.96. The zero-order valence-corrected chi connectivity index (χ0v) is 7.88. The van der Waals surface area contributed by atoms with Gasteiger partial charge in [0.1, 0.15) is 0 Å². The van der Waals surface area contributed by atoms with Crippen molar-refractivity contribution in [3.05, 3.63) is 10.6 Å². The lowest BCUT2D eigenvalue weighted by Crippen LogP contribution is -2.33. The van der Waals surface area contributed by atoms with Gasteiger partial charge in [-0.05, 0) is 6.54 Å². The van der Waals surface area contributed by atoms with Crippen molar-refractivity contribution >= 4 is 30.1 Å². The van der Waals surface area contributed by atoms with Gasteiger partial charge < -0.3 is 15.3 Å². The lowest BCUT2D eigenvalue weighted by atomic mass is 9.92. The summed E-state index contributed by atoms with van der Waals surface area (Å²) >= 11 is 1.51. The Kier molecular flexibility index (Phi) is 2.33. The van der Waals surface area contributed by atoms with Crippen molar-refractivity contribution in [3.8, 4) is 0 Å². The average molecular weight is 194 g/mol. The second kappa shape index (κ2) is 3.47. The maximum Gasteiger partial charge on any atom is 0.293 e. The van der Waals surface area contributed by atoms with Gasteiger partial charge in [-0.15, -0.1) is 11.3 Å². The summed E-state index contributed by atoms with van der Waals surface area (Å²) in [5, 5.41) is 0.623. The first kappa shape index (κ1) is 8.71. The highest BCUT2D eigenvalue weighted by Crippen LogP contribution is 2.25. The third-order valence-electron chi connectivity index (χ3n) is 2.05. The van der Waals surface area contributed by atoms with Gasteiger partial charge >= 0.3 is 0 Å². The molecule has 0 unspecified atom stereocenters. The van der Waals surface area contributed by atoms with Crippen LogP contribution in [-0.2, 0) is 17.8 Å². The molecule has 0 saturated heterocycles. The van der Waals surface area contributed by atoms with Crippen LogP contribution in [0.2, 0.25) is 0 Å². The van der Waals surface area contributed by atoms with Crippen molar-refractivity contribution in [2.24, 2.45) is 0 Å². The minimum absolute atomic E-state index is 0.623. The van der Waals surface area contributed by atoms with Crippen molar-refractivity contribution in [2.75, 3.05) is 12.3 Å². The molecule has 0 amide bonds. The van der Waals surface area contributed by atoms with Crippen LogP contribution in [0.1, 0.15) is 10.6 Å². The number of hydrogen-bond acceptors (Lipinski definition) is 5. The van der Waals surface area contributed by atoms with E-state index in [4.69, 9.17) is 5.73 Å². The molecule has 2 rings (SSSR count). The molecule has 0 aromatic carbocycles. The van der Waals surface area contributed by atoms with E-state index in [1.54, 1.807) is 7.41 Å². The van der Waals surface area contributed by atoms with Crippen LogP contribution in [-0.4, -0.2) is 29.9 Å². The van der Waals surface area contributed by atoms with E-state index in [0.29, 0.717) is 5.13 Å². The van der Waals surface area contributed by atoms with Crippen molar-refractivity contribution in [2.45, 2.75) is 13.0 Å². The highest BCUT2D eigenvalue weighted by atomic mass is 32.1. The van der Waals surface area contributed by atoms with E-state index in [0.717, 1.165) is 31.4 Å². The van der Waals surface area contributed by atoms with Gasteiger partial charge in [-0.3, -0.25) is 0 Å². The number of thiazole rings is 1. The second-order valence-electron chi connectivity index (χ2n) is 2.93. The predicted molar refractivity (Wildman–Crippen MR) is 53.1 cm³/mol. The number of hydrogen-bond donors (Lipinski definition) is 1. The van der Waals surface area contributed by atoms with E-state index in [1.165, 1.54) is 16.2 Å². The number of nitrogen functional groups attached to an aromatic ring is 1. The predicted octanol–water partition coefficient (Wildman–Crippen LogP) is -0.107. The Morgan fingerprint density at radius 1 is 1.69 bits per heavy atom. The maximum absolute atomic E-state index is 10.3. The van der Waals surface area contributed by atoms with E-state index in [1.807, 2.05) is 4.81 Å². The van der Waals surface area contributed by atoms with Crippen molar-refractivity contribution in [3.63, 3.8) is 0 Å². The molecule has 0 fully saturated rings. The first-order valence-electron chi connectivity index (χ1n) is 4.06. The van der Waals surface area contributed by atoms with Crippen LogP contribution in [0.3, 0.4) is 0 Å². The van der Waals surface area contributed by atoms with Crippen LogP contribution in [0.4, 0.5) is 5.13 Å². The molecule has 13 heavy (non-hydrogen) atoms. The van der Waals surface area contributed by atoms with Crippen LogP contribution >= 0.6 is 11.3 Å². The summed E-state index contributed by atoms with van der Waals surface area (Å²) in [6.45, 7) is 1.62. The summed E-state index contributed by atoms with van der Waals surface area (Å²) in [7, 11) is 1.57. The van der Waals surface area contributed by atoms with E-state index in [-0.39, 0.29) is 0 Å². The van der Waals surface area contributed by atoms with Gasteiger partial charge in [-0.2, -0.15) is 0 Å². The van der Waals surface area contributed by atoms with Gasteiger partial charge in [0.15, 0.2) is 5.13 Å². The number of anilines is 1. The maximum atomic E-state index is 10.3. The Morgan fingerprint density at radius 2 is 2.54 bits per heavy atom. The van der Waals surface area contributed by atoms with E-state index < -0.39 is 0 Å². The Bertz CT molecular complexity index is 328.